The van der Waals surface area contributed by atoms with Crippen molar-refractivity contribution in [3.8, 4) is 22.8 Å². The number of aromatic nitrogens is 2. The fraction of sp³-hybridized carbons (Fsp3) is 0.150. The monoisotopic (exact) mass is 364 g/mol. The smallest absolute Gasteiger partial charge is 0.289 e. The molecule has 1 aromatic heterocycles. The van der Waals surface area contributed by atoms with Gasteiger partial charge in [0, 0.05) is 5.56 Å². The highest BCUT2D eigenvalue weighted by Crippen LogP contribution is 2.21. The highest BCUT2D eigenvalue weighted by atomic mass is 16.5. The Hall–Kier alpha value is -3.61. The summed E-state index contributed by atoms with van der Waals surface area (Å²) >= 11 is 0. The summed E-state index contributed by atoms with van der Waals surface area (Å²) < 4.78 is 10.3. The van der Waals surface area contributed by atoms with Gasteiger partial charge in [0.2, 0.25) is 0 Å². The van der Waals surface area contributed by atoms with Crippen molar-refractivity contribution in [2.45, 2.75) is 6.92 Å². The lowest BCUT2D eigenvalue weighted by molar-refractivity contribution is 0.0950. The largest absolute Gasteiger partial charge is 0.497 e. The van der Waals surface area contributed by atoms with Crippen molar-refractivity contribution < 1.29 is 14.3 Å². The summed E-state index contributed by atoms with van der Waals surface area (Å²) in [6.07, 6.45) is 0. The van der Waals surface area contributed by atoms with Gasteiger partial charge in [0.25, 0.3) is 5.91 Å². The Morgan fingerprint density at radius 3 is 2.19 bits per heavy atom. The summed E-state index contributed by atoms with van der Waals surface area (Å²) in [7, 11) is 3.22. The van der Waals surface area contributed by atoms with E-state index in [2.05, 4.69) is 20.7 Å². The molecule has 1 heterocycles. The van der Waals surface area contributed by atoms with Gasteiger partial charge in [-0.05, 0) is 67.1 Å². The van der Waals surface area contributed by atoms with Crippen LogP contribution >= 0.6 is 0 Å². The molecule has 0 aliphatic carbocycles. The molecule has 0 fully saturated rings. The van der Waals surface area contributed by atoms with Crippen LogP contribution in [0.5, 0.6) is 11.5 Å². The van der Waals surface area contributed by atoms with E-state index >= 15 is 0 Å². The molecule has 0 spiro atoms. The molecule has 1 amide bonds. The Bertz CT molecular complexity index is 944. The van der Waals surface area contributed by atoms with E-state index in [4.69, 9.17) is 9.47 Å². The van der Waals surface area contributed by atoms with Crippen LogP contribution < -0.4 is 14.9 Å². The number of carbonyl (C=O) groups is 1. The lowest BCUT2D eigenvalue weighted by Crippen LogP contribution is -2.19. The molecule has 0 saturated heterocycles. The van der Waals surface area contributed by atoms with Gasteiger partial charge in [-0.15, -0.1) is 0 Å². The predicted molar refractivity (Wildman–Crippen MR) is 103 cm³/mol. The molecule has 3 aromatic rings. The summed E-state index contributed by atoms with van der Waals surface area (Å²) in [5, 5.41) is 11.1. The van der Waals surface area contributed by atoms with E-state index in [0.717, 1.165) is 22.6 Å². The van der Waals surface area contributed by atoms with Crippen LogP contribution in [0.2, 0.25) is 0 Å². The van der Waals surface area contributed by atoms with Crippen molar-refractivity contribution in [1.29, 1.82) is 0 Å². The topological polar surface area (TPSA) is 88.6 Å². The van der Waals surface area contributed by atoms with Crippen molar-refractivity contribution in [2.75, 3.05) is 14.2 Å². The molecule has 27 heavy (non-hydrogen) atoms. The first kappa shape index (κ1) is 18.2. The summed E-state index contributed by atoms with van der Waals surface area (Å²) in [5.74, 6) is 1.16. The maximum absolute atomic E-state index is 12.3. The Balaban J connectivity index is 1.67. The Morgan fingerprint density at radius 2 is 1.59 bits per heavy atom. The van der Waals surface area contributed by atoms with Crippen LogP contribution in [0.25, 0.3) is 11.3 Å². The maximum Gasteiger partial charge on any atom is 0.289 e. The second kappa shape index (κ2) is 8.18. The van der Waals surface area contributed by atoms with E-state index in [-0.39, 0.29) is 5.91 Å². The zero-order chi connectivity index (χ0) is 19.2. The number of aromatic amines is 1. The number of hydrazone groups is 1. The molecule has 0 aliphatic heterocycles. The van der Waals surface area contributed by atoms with Gasteiger partial charge < -0.3 is 9.47 Å². The van der Waals surface area contributed by atoms with Gasteiger partial charge in [-0.2, -0.15) is 10.2 Å². The SMILES string of the molecule is COc1ccc(/C(C)=N\NC(=O)c2cc(-c3ccc(OC)cc3)n[nH]2)cc1. The molecule has 0 radical (unpaired) electrons. The van der Waals surface area contributed by atoms with Crippen LogP contribution in [0.15, 0.2) is 59.7 Å². The van der Waals surface area contributed by atoms with E-state index in [9.17, 15) is 4.79 Å². The number of hydrogen-bond acceptors (Lipinski definition) is 5. The summed E-state index contributed by atoms with van der Waals surface area (Å²) in [4.78, 5) is 12.3. The minimum Gasteiger partial charge on any atom is -0.497 e. The van der Waals surface area contributed by atoms with Crippen LogP contribution in [-0.4, -0.2) is 36.0 Å². The number of ether oxygens (including phenoxy) is 2. The standard InChI is InChI=1S/C20H20N4O3/c1-13(14-4-8-16(26-2)9-5-14)21-24-20(25)19-12-18(22-23-19)15-6-10-17(27-3)11-7-15/h4-12H,1-3H3,(H,22,23)(H,24,25)/b21-13-. The molecule has 0 bridgehead atoms. The number of methoxy groups -OCH3 is 2. The number of hydrogen-bond donors (Lipinski definition) is 2. The zero-order valence-corrected chi connectivity index (χ0v) is 15.3. The van der Waals surface area contributed by atoms with Gasteiger partial charge in [0.05, 0.1) is 25.6 Å². The third kappa shape index (κ3) is 4.33. The number of benzene rings is 2. The summed E-state index contributed by atoms with van der Waals surface area (Å²) in [5.41, 5.74) is 5.98. The highest BCUT2D eigenvalue weighted by Gasteiger charge is 2.11. The minimum atomic E-state index is -0.366. The van der Waals surface area contributed by atoms with Crippen molar-refractivity contribution in [2.24, 2.45) is 5.10 Å². The second-order valence-corrected chi connectivity index (χ2v) is 5.76. The van der Waals surface area contributed by atoms with Gasteiger partial charge >= 0.3 is 0 Å². The third-order valence-corrected chi connectivity index (χ3v) is 4.04. The van der Waals surface area contributed by atoms with Gasteiger partial charge in [-0.3, -0.25) is 9.89 Å². The number of amides is 1. The van der Waals surface area contributed by atoms with Crippen LogP contribution in [0.1, 0.15) is 23.0 Å². The first-order valence-corrected chi connectivity index (χ1v) is 8.29. The molecule has 7 heteroatoms. The number of H-pyrrole nitrogens is 1. The molecular formula is C20H20N4O3. The van der Waals surface area contributed by atoms with Crippen molar-refractivity contribution in [3.63, 3.8) is 0 Å². The van der Waals surface area contributed by atoms with E-state index in [1.54, 1.807) is 20.3 Å². The first-order chi connectivity index (χ1) is 13.1. The van der Waals surface area contributed by atoms with Crippen LogP contribution in [-0.2, 0) is 0 Å². The predicted octanol–water partition coefficient (Wildman–Crippen LogP) is 3.25. The molecule has 138 valence electrons. The summed E-state index contributed by atoms with van der Waals surface area (Å²) in [6, 6.07) is 16.5. The molecular weight excluding hydrogens is 344 g/mol. The zero-order valence-electron chi connectivity index (χ0n) is 15.3. The molecule has 2 aromatic carbocycles. The van der Waals surface area contributed by atoms with Gasteiger partial charge in [-0.1, -0.05) is 0 Å². The van der Waals surface area contributed by atoms with Gasteiger partial charge in [0.1, 0.15) is 17.2 Å². The fourth-order valence-electron chi connectivity index (χ4n) is 2.44. The molecule has 2 N–H and O–H groups in total. The summed E-state index contributed by atoms with van der Waals surface area (Å²) in [6.45, 7) is 1.82. The number of rotatable bonds is 6. The van der Waals surface area contributed by atoms with Gasteiger partial charge in [-0.25, -0.2) is 5.43 Å². The molecule has 0 saturated carbocycles. The molecule has 0 unspecified atom stereocenters. The van der Waals surface area contributed by atoms with Gasteiger partial charge in [0.15, 0.2) is 0 Å². The van der Waals surface area contributed by atoms with Crippen molar-refractivity contribution in [1.82, 2.24) is 15.6 Å². The first-order valence-electron chi connectivity index (χ1n) is 8.29. The average molecular weight is 364 g/mol. The van der Waals surface area contributed by atoms with Crippen LogP contribution in [0.3, 0.4) is 0 Å². The maximum atomic E-state index is 12.3. The molecule has 7 nitrogen and oxygen atoms in total. The van der Waals surface area contributed by atoms with Crippen molar-refractivity contribution in [3.05, 3.63) is 65.9 Å². The Labute approximate surface area is 157 Å². The molecule has 3 rings (SSSR count). The minimum absolute atomic E-state index is 0.326. The number of nitrogens with zero attached hydrogens (tertiary/aromatic N) is 2. The Morgan fingerprint density at radius 1 is 1.00 bits per heavy atom. The Kier molecular flexibility index (Phi) is 5.51. The lowest BCUT2D eigenvalue weighted by atomic mass is 10.1. The number of carbonyl (C=O) groups excluding carboxylic acids is 1. The van der Waals surface area contributed by atoms with E-state index < -0.39 is 0 Å². The number of nitrogens with one attached hydrogen (secondary N) is 2. The fourth-order valence-corrected chi connectivity index (χ4v) is 2.44. The lowest BCUT2D eigenvalue weighted by Gasteiger charge is -2.03. The normalized spacial score (nSPS) is 11.1. The van der Waals surface area contributed by atoms with E-state index in [0.29, 0.717) is 17.1 Å². The van der Waals surface area contributed by atoms with Crippen molar-refractivity contribution >= 4 is 11.6 Å². The second-order valence-electron chi connectivity index (χ2n) is 5.76. The molecule has 0 atom stereocenters. The quantitative estimate of drug-likeness (QED) is 0.519. The third-order valence-electron chi connectivity index (χ3n) is 4.04. The highest BCUT2D eigenvalue weighted by molar-refractivity contribution is 6.00. The van der Waals surface area contributed by atoms with Crippen LogP contribution in [0.4, 0.5) is 0 Å². The van der Waals surface area contributed by atoms with E-state index in [1.165, 1.54) is 0 Å². The van der Waals surface area contributed by atoms with Crippen LogP contribution in [0, 0.1) is 0 Å². The average Bonchev–Trinajstić information content (AvgIpc) is 3.22. The van der Waals surface area contributed by atoms with E-state index in [1.807, 2.05) is 55.5 Å². The molecule has 0 aliphatic rings.